The third-order valence-electron chi connectivity index (χ3n) is 2.77. The minimum Gasteiger partial charge on any atom is -0.462 e. The molecule has 1 aromatic carbocycles. The highest BCUT2D eigenvalue weighted by Crippen LogP contribution is 2.18. The van der Waals surface area contributed by atoms with E-state index in [0.717, 1.165) is 16.5 Å². The second kappa shape index (κ2) is 5.23. The number of rotatable bonds is 4. The number of nitrogens with two attached hydrogens (primary N) is 1. The summed E-state index contributed by atoms with van der Waals surface area (Å²) in [5, 5.41) is 1.10. The van der Waals surface area contributed by atoms with Gasteiger partial charge in [-0.3, -0.25) is 4.79 Å². The van der Waals surface area contributed by atoms with Crippen molar-refractivity contribution in [3.8, 4) is 0 Å². The van der Waals surface area contributed by atoms with E-state index in [-0.39, 0.29) is 12.1 Å². The average Bonchev–Trinajstić information content (AvgIpc) is 2.72. The fourth-order valence-electron chi connectivity index (χ4n) is 1.94. The van der Waals surface area contributed by atoms with E-state index >= 15 is 0 Å². The smallest absolute Gasteiger partial charge is 0.323 e. The molecule has 3 N–H and O–H groups in total. The topological polar surface area (TPSA) is 68.1 Å². The molecule has 1 aromatic heterocycles. The Morgan fingerprint density at radius 3 is 2.83 bits per heavy atom. The summed E-state index contributed by atoms with van der Waals surface area (Å²) in [6.45, 7) is 3.63. The Hall–Kier alpha value is -1.81. The number of para-hydroxylation sites is 1. The second-order valence-corrected chi connectivity index (χ2v) is 4.66. The van der Waals surface area contributed by atoms with Gasteiger partial charge in [-0.1, -0.05) is 18.2 Å². The summed E-state index contributed by atoms with van der Waals surface area (Å²) in [4.78, 5) is 14.8. The lowest BCUT2D eigenvalue weighted by molar-refractivity contribution is -0.148. The maximum atomic E-state index is 11.7. The number of carbonyl (C=O) groups excluding carboxylic acids is 1. The van der Waals surface area contributed by atoms with Crippen LogP contribution in [0.4, 0.5) is 0 Å². The maximum absolute atomic E-state index is 11.7. The molecule has 1 atom stereocenters. The first-order valence-electron chi connectivity index (χ1n) is 6.09. The summed E-state index contributed by atoms with van der Waals surface area (Å²) >= 11 is 0. The SMILES string of the molecule is CC(C)OC(=O)C(N)Cc1c[nH]c2ccccc12. The third kappa shape index (κ3) is 2.71. The van der Waals surface area contributed by atoms with E-state index in [1.54, 1.807) is 0 Å². The highest BCUT2D eigenvalue weighted by Gasteiger charge is 2.18. The number of carbonyl (C=O) groups is 1. The van der Waals surface area contributed by atoms with Crippen molar-refractivity contribution in [3.63, 3.8) is 0 Å². The maximum Gasteiger partial charge on any atom is 0.323 e. The number of aromatic amines is 1. The predicted molar refractivity (Wildman–Crippen MR) is 71.2 cm³/mol. The predicted octanol–water partition coefficient (Wildman–Crippen LogP) is 1.99. The molecule has 2 aromatic rings. The van der Waals surface area contributed by atoms with Crippen LogP contribution in [0.2, 0.25) is 0 Å². The van der Waals surface area contributed by atoms with Crippen molar-refractivity contribution in [1.29, 1.82) is 0 Å². The van der Waals surface area contributed by atoms with Gasteiger partial charge in [0.15, 0.2) is 0 Å². The molecule has 18 heavy (non-hydrogen) atoms. The van der Waals surface area contributed by atoms with Crippen molar-refractivity contribution in [2.45, 2.75) is 32.4 Å². The van der Waals surface area contributed by atoms with Crippen molar-refractivity contribution in [2.24, 2.45) is 5.73 Å². The van der Waals surface area contributed by atoms with Gasteiger partial charge in [-0.15, -0.1) is 0 Å². The lowest BCUT2D eigenvalue weighted by Gasteiger charge is -2.13. The number of aromatic nitrogens is 1. The van der Waals surface area contributed by atoms with Gasteiger partial charge in [-0.05, 0) is 25.5 Å². The van der Waals surface area contributed by atoms with Crippen LogP contribution in [0.3, 0.4) is 0 Å². The van der Waals surface area contributed by atoms with Gasteiger partial charge in [-0.25, -0.2) is 0 Å². The molecular formula is C14H18N2O2. The van der Waals surface area contributed by atoms with Crippen molar-refractivity contribution >= 4 is 16.9 Å². The van der Waals surface area contributed by atoms with E-state index in [1.165, 1.54) is 0 Å². The molecule has 0 bridgehead atoms. The van der Waals surface area contributed by atoms with Gasteiger partial charge in [0.25, 0.3) is 0 Å². The Morgan fingerprint density at radius 1 is 1.39 bits per heavy atom. The molecule has 0 spiro atoms. The van der Waals surface area contributed by atoms with E-state index < -0.39 is 6.04 Å². The van der Waals surface area contributed by atoms with Crippen molar-refractivity contribution in [3.05, 3.63) is 36.0 Å². The number of esters is 1. The molecule has 1 unspecified atom stereocenters. The fraction of sp³-hybridized carbons (Fsp3) is 0.357. The molecule has 0 saturated carbocycles. The summed E-state index contributed by atoms with van der Waals surface area (Å²) < 4.78 is 5.10. The van der Waals surface area contributed by atoms with E-state index in [2.05, 4.69) is 4.98 Å². The Morgan fingerprint density at radius 2 is 2.11 bits per heavy atom. The van der Waals surface area contributed by atoms with Gasteiger partial charge >= 0.3 is 5.97 Å². The van der Waals surface area contributed by atoms with E-state index in [0.29, 0.717) is 6.42 Å². The molecule has 0 aliphatic rings. The molecule has 0 aliphatic heterocycles. The van der Waals surface area contributed by atoms with E-state index in [4.69, 9.17) is 10.5 Å². The molecule has 4 heteroatoms. The normalized spacial score (nSPS) is 12.9. The number of ether oxygens (including phenoxy) is 1. The van der Waals surface area contributed by atoms with Crippen LogP contribution in [0, 0.1) is 0 Å². The van der Waals surface area contributed by atoms with Crippen LogP contribution in [0.5, 0.6) is 0 Å². The number of hydrogen-bond acceptors (Lipinski definition) is 3. The number of hydrogen-bond donors (Lipinski definition) is 2. The zero-order valence-corrected chi connectivity index (χ0v) is 10.6. The van der Waals surface area contributed by atoms with Crippen molar-refractivity contribution in [2.75, 3.05) is 0 Å². The Kier molecular flexibility index (Phi) is 3.67. The van der Waals surface area contributed by atoms with Crippen LogP contribution in [0.15, 0.2) is 30.5 Å². The lowest BCUT2D eigenvalue weighted by Crippen LogP contribution is -2.35. The van der Waals surface area contributed by atoms with Gasteiger partial charge in [-0.2, -0.15) is 0 Å². The molecule has 1 heterocycles. The Balaban J connectivity index is 2.11. The molecule has 0 fully saturated rings. The fourth-order valence-corrected chi connectivity index (χ4v) is 1.94. The summed E-state index contributed by atoms with van der Waals surface area (Å²) in [5.41, 5.74) is 7.95. The number of benzene rings is 1. The standard InChI is InChI=1S/C14H18N2O2/c1-9(2)18-14(17)12(15)7-10-8-16-13-6-4-3-5-11(10)13/h3-6,8-9,12,16H,7,15H2,1-2H3. The van der Waals surface area contributed by atoms with Crippen LogP contribution in [0.1, 0.15) is 19.4 Å². The van der Waals surface area contributed by atoms with Crippen molar-refractivity contribution in [1.82, 2.24) is 4.98 Å². The number of nitrogens with one attached hydrogen (secondary N) is 1. The lowest BCUT2D eigenvalue weighted by atomic mass is 10.1. The third-order valence-corrected chi connectivity index (χ3v) is 2.77. The van der Waals surface area contributed by atoms with E-state index in [1.807, 2.05) is 44.3 Å². The highest BCUT2D eigenvalue weighted by atomic mass is 16.5. The minimum atomic E-state index is -0.619. The number of fused-ring (bicyclic) bond motifs is 1. The second-order valence-electron chi connectivity index (χ2n) is 4.66. The molecule has 2 rings (SSSR count). The molecule has 0 aliphatic carbocycles. The number of H-pyrrole nitrogens is 1. The quantitative estimate of drug-likeness (QED) is 0.811. The largest absolute Gasteiger partial charge is 0.462 e. The van der Waals surface area contributed by atoms with Gasteiger partial charge in [0, 0.05) is 23.5 Å². The van der Waals surface area contributed by atoms with Crippen LogP contribution in [-0.2, 0) is 16.0 Å². The summed E-state index contributed by atoms with van der Waals surface area (Å²) in [7, 11) is 0. The highest BCUT2D eigenvalue weighted by molar-refractivity contribution is 5.84. The minimum absolute atomic E-state index is 0.133. The first-order chi connectivity index (χ1) is 8.58. The summed E-state index contributed by atoms with van der Waals surface area (Å²) in [5.74, 6) is -0.352. The molecular weight excluding hydrogens is 228 g/mol. The van der Waals surface area contributed by atoms with Crippen LogP contribution in [0.25, 0.3) is 10.9 Å². The average molecular weight is 246 g/mol. The van der Waals surface area contributed by atoms with Gasteiger partial charge in [0.1, 0.15) is 6.04 Å². The Labute approximate surface area is 106 Å². The monoisotopic (exact) mass is 246 g/mol. The van der Waals surface area contributed by atoms with Crippen LogP contribution in [-0.4, -0.2) is 23.1 Å². The van der Waals surface area contributed by atoms with Gasteiger partial charge in [0.05, 0.1) is 6.10 Å². The first-order valence-corrected chi connectivity index (χ1v) is 6.09. The van der Waals surface area contributed by atoms with Gasteiger partial charge in [0.2, 0.25) is 0 Å². The molecule has 0 radical (unpaired) electrons. The van der Waals surface area contributed by atoms with Crippen LogP contribution < -0.4 is 5.73 Å². The first kappa shape index (κ1) is 12.6. The summed E-state index contributed by atoms with van der Waals surface area (Å²) in [6.07, 6.45) is 2.24. The molecule has 0 amide bonds. The molecule has 96 valence electrons. The zero-order chi connectivity index (χ0) is 13.1. The van der Waals surface area contributed by atoms with Crippen molar-refractivity contribution < 1.29 is 9.53 Å². The molecule has 0 saturated heterocycles. The Bertz CT molecular complexity index is 545. The van der Waals surface area contributed by atoms with Crippen LogP contribution >= 0.6 is 0 Å². The zero-order valence-electron chi connectivity index (χ0n) is 10.6. The van der Waals surface area contributed by atoms with Gasteiger partial charge < -0.3 is 15.5 Å². The summed E-state index contributed by atoms with van der Waals surface area (Å²) in [6, 6.07) is 7.33. The van der Waals surface area contributed by atoms with E-state index in [9.17, 15) is 4.79 Å². The molecule has 4 nitrogen and oxygen atoms in total.